The van der Waals surface area contributed by atoms with E-state index in [1.54, 1.807) is 4.90 Å². The zero-order chi connectivity index (χ0) is 24.6. The van der Waals surface area contributed by atoms with E-state index in [0.717, 1.165) is 23.1 Å². The number of piperidine rings is 1. The van der Waals surface area contributed by atoms with Crippen molar-refractivity contribution in [2.45, 2.75) is 45.5 Å². The maximum atomic E-state index is 14.9. The van der Waals surface area contributed by atoms with Gasteiger partial charge in [0.2, 0.25) is 0 Å². The van der Waals surface area contributed by atoms with Crippen LogP contribution in [0.3, 0.4) is 0 Å². The van der Waals surface area contributed by atoms with Crippen molar-refractivity contribution in [2.75, 3.05) is 29.0 Å². The number of aromatic nitrogens is 4. The normalized spacial score (nSPS) is 16.1. The maximum absolute atomic E-state index is 14.9. The molecule has 0 spiro atoms. The van der Waals surface area contributed by atoms with E-state index in [0.29, 0.717) is 25.9 Å². The number of hydrogen-bond donors (Lipinski definition) is 3. The molecule has 1 saturated heterocycles. The van der Waals surface area contributed by atoms with Gasteiger partial charge in [0.1, 0.15) is 11.3 Å². The highest BCUT2D eigenvalue weighted by atomic mass is 19.1. The van der Waals surface area contributed by atoms with Gasteiger partial charge in [0.25, 0.3) is 5.91 Å². The van der Waals surface area contributed by atoms with Gasteiger partial charge >= 0.3 is 0 Å². The van der Waals surface area contributed by atoms with Gasteiger partial charge in [0.05, 0.1) is 36.1 Å². The van der Waals surface area contributed by atoms with Gasteiger partial charge in [-0.15, -0.1) is 5.10 Å². The number of fused-ring (bicyclic) bond motifs is 1. The molecule has 1 aliphatic heterocycles. The Bertz CT molecular complexity index is 1200. The Balaban J connectivity index is 1.53. The second kappa shape index (κ2) is 9.11. The topological polar surface area (TPSA) is 131 Å². The molecule has 0 bridgehead atoms. The van der Waals surface area contributed by atoms with E-state index in [4.69, 9.17) is 10.5 Å². The first-order valence-electron chi connectivity index (χ1n) is 10.9. The number of aliphatic hydroxyl groups is 1. The highest BCUT2D eigenvalue weighted by Gasteiger charge is 2.31. The second-order valence-corrected chi connectivity index (χ2v) is 9.22. The summed E-state index contributed by atoms with van der Waals surface area (Å²) in [7, 11) is 0. The zero-order valence-corrected chi connectivity index (χ0v) is 19.1. The monoisotopic (exact) mass is 475 g/mol. The summed E-state index contributed by atoms with van der Waals surface area (Å²) in [6, 6.07) is 0. The Morgan fingerprint density at radius 1 is 1.26 bits per heavy atom. The van der Waals surface area contributed by atoms with E-state index in [9.17, 15) is 18.7 Å². The molecule has 1 amide bonds. The van der Waals surface area contributed by atoms with E-state index in [1.165, 1.54) is 6.20 Å². The fraction of sp³-hybridized carbons (Fsp3) is 0.455. The number of halogens is 2. The summed E-state index contributed by atoms with van der Waals surface area (Å²) in [5.41, 5.74) is 5.72. The summed E-state index contributed by atoms with van der Waals surface area (Å²) < 4.78 is 35.0. The molecule has 0 aliphatic carbocycles. The van der Waals surface area contributed by atoms with Crippen molar-refractivity contribution in [3.05, 3.63) is 42.0 Å². The Morgan fingerprint density at radius 2 is 1.97 bits per heavy atom. The molecule has 4 rings (SSSR count). The first kappa shape index (κ1) is 23.8. The van der Waals surface area contributed by atoms with Gasteiger partial charge in [-0.1, -0.05) is 0 Å². The molecule has 34 heavy (non-hydrogen) atoms. The van der Waals surface area contributed by atoms with E-state index < -0.39 is 29.4 Å². The zero-order valence-electron chi connectivity index (χ0n) is 19.1. The van der Waals surface area contributed by atoms with Crippen molar-refractivity contribution in [1.29, 1.82) is 0 Å². The third kappa shape index (κ3) is 4.92. The van der Waals surface area contributed by atoms with Crippen LogP contribution in [-0.2, 0) is 4.74 Å². The highest BCUT2D eigenvalue weighted by molar-refractivity contribution is 6.12. The average molecular weight is 476 g/mol. The minimum absolute atomic E-state index is 0.0589. The van der Waals surface area contributed by atoms with E-state index in [-0.39, 0.29) is 34.3 Å². The molecule has 0 saturated carbocycles. The third-order valence-electron chi connectivity index (χ3n) is 5.55. The number of anilines is 3. The number of carbonyl (C=O) groups is 1. The van der Waals surface area contributed by atoms with Crippen LogP contribution in [-0.4, -0.2) is 55.6 Å². The smallest absolute Gasteiger partial charge is 0.263 e. The predicted octanol–water partition coefficient (Wildman–Crippen LogP) is 2.59. The van der Waals surface area contributed by atoms with Gasteiger partial charge in [0, 0.05) is 19.0 Å². The molecule has 4 heterocycles. The Kier molecular flexibility index (Phi) is 6.36. The summed E-state index contributed by atoms with van der Waals surface area (Å²) in [5.74, 6) is -2.15. The lowest BCUT2D eigenvalue weighted by Crippen LogP contribution is -2.41. The third-order valence-corrected chi connectivity index (χ3v) is 5.55. The van der Waals surface area contributed by atoms with Crippen molar-refractivity contribution in [3.8, 4) is 0 Å². The molecule has 12 heteroatoms. The Labute approximate surface area is 194 Å². The molecule has 0 radical (unpaired) electrons. The maximum Gasteiger partial charge on any atom is 0.263 e. The second-order valence-electron chi connectivity index (χ2n) is 9.22. The molecule has 1 unspecified atom stereocenters. The molecule has 1 fully saturated rings. The van der Waals surface area contributed by atoms with Crippen molar-refractivity contribution >= 4 is 28.7 Å². The molecule has 0 aromatic carbocycles. The number of hydrogen-bond acceptors (Lipinski definition) is 8. The average Bonchev–Trinajstić information content (AvgIpc) is 3.07. The summed E-state index contributed by atoms with van der Waals surface area (Å²) >= 11 is 0. The number of ether oxygens (including phenoxy) is 1. The quantitative estimate of drug-likeness (QED) is 0.480. The molecular weight excluding hydrogens is 448 g/mol. The molecule has 3 aromatic rings. The van der Waals surface area contributed by atoms with Crippen molar-refractivity contribution in [2.24, 2.45) is 5.92 Å². The largest absolute Gasteiger partial charge is 0.381 e. The Morgan fingerprint density at radius 3 is 2.65 bits per heavy atom. The number of nitrogen functional groups attached to an aromatic ring is 1. The van der Waals surface area contributed by atoms with Crippen LogP contribution in [0, 0.1) is 17.6 Å². The molecule has 10 nitrogen and oxygen atoms in total. The van der Waals surface area contributed by atoms with E-state index >= 15 is 0 Å². The fourth-order valence-corrected chi connectivity index (χ4v) is 4.04. The molecular formula is C22H27F2N7O3. The summed E-state index contributed by atoms with van der Waals surface area (Å²) in [6.07, 6.45) is 4.64. The van der Waals surface area contributed by atoms with E-state index in [1.807, 2.05) is 20.8 Å². The lowest BCUT2D eigenvalue weighted by molar-refractivity contribution is -0.194. The number of nitrogens with zero attached hydrogens (tertiary/aromatic N) is 5. The summed E-state index contributed by atoms with van der Waals surface area (Å²) in [4.78, 5) is 22.6. The SMILES string of the molecule is CC(C)(C)OC(O)C1CCN(c2c(F)cncc2NC(=O)c2c(N)nn3cc(F)cnc23)CC1. The van der Waals surface area contributed by atoms with Gasteiger partial charge < -0.3 is 25.8 Å². The van der Waals surface area contributed by atoms with Gasteiger partial charge in [-0.2, -0.15) is 0 Å². The lowest BCUT2D eigenvalue weighted by atomic mass is 9.95. The number of nitrogens with one attached hydrogen (secondary N) is 1. The van der Waals surface area contributed by atoms with Crippen LogP contribution in [0.1, 0.15) is 44.0 Å². The molecule has 3 aromatic heterocycles. The van der Waals surface area contributed by atoms with Crippen LogP contribution < -0.4 is 16.0 Å². The molecule has 1 aliphatic rings. The summed E-state index contributed by atoms with van der Waals surface area (Å²) in [5, 5.41) is 17.0. The van der Waals surface area contributed by atoms with Crippen LogP contribution in [0.5, 0.6) is 0 Å². The number of amides is 1. The van der Waals surface area contributed by atoms with Crippen LogP contribution in [0.4, 0.5) is 26.0 Å². The number of pyridine rings is 1. The van der Waals surface area contributed by atoms with Gasteiger partial charge in [-0.05, 0) is 33.6 Å². The first-order valence-corrected chi connectivity index (χ1v) is 10.9. The van der Waals surface area contributed by atoms with Gasteiger partial charge in [-0.25, -0.2) is 18.3 Å². The van der Waals surface area contributed by atoms with Gasteiger partial charge in [-0.3, -0.25) is 9.78 Å². The molecule has 182 valence electrons. The minimum Gasteiger partial charge on any atom is -0.381 e. The van der Waals surface area contributed by atoms with E-state index in [2.05, 4.69) is 20.4 Å². The lowest BCUT2D eigenvalue weighted by Gasteiger charge is -2.37. The van der Waals surface area contributed by atoms with Gasteiger partial charge in [0.15, 0.2) is 29.4 Å². The first-order chi connectivity index (χ1) is 16.0. The number of rotatable bonds is 5. The number of carbonyl (C=O) groups excluding carboxylic acids is 1. The highest BCUT2D eigenvalue weighted by Crippen LogP contribution is 2.34. The number of nitrogens with two attached hydrogens (primary N) is 1. The standard InChI is InChI=1S/C22H27F2N7O3/c1-22(2,3)34-21(33)12-4-6-30(7-5-12)17-14(24)9-26-10-15(17)28-20(32)16-18(25)29-31-11-13(23)8-27-19(16)31/h8-12,21,33H,4-7H2,1-3H3,(H2,25,29)(H,28,32). The van der Waals surface area contributed by atoms with Crippen LogP contribution in [0.15, 0.2) is 24.8 Å². The fourth-order valence-electron chi connectivity index (χ4n) is 4.04. The van der Waals surface area contributed by atoms with Crippen LogP contribution in [0.25, 0.3) is 5.65 Å². The minimum atomic E-state index is -0.917. The van der Waals surface area contributed by atoms with Crippen LogP contribution >= 0.6 is 0 Å². The van der Waals surface area contributed by atoms with Crippen molar-refractivity contribution in [1.82, 2.24) is 19.6 Å². The number of aliphatic hydroxyl groups excluding tert-OH is 1. The molecule has 4 N–H and O–H groups in total. The van der Waals surface area contributed by atoms with Crippen molar-refractivity contribution in [3.63, 3.8) is 0 Å². The predicted molar refractivity (Wildman–Crippen MR) is 121 cm³/mol. The Hall–Kier alpha value is -3.38. The van der Waals surface area contributed by atoms with Crippen LogP contribution in [0.2, 0.25) is 0 Å². The van der Waals surface area contributed by atoms with Crippen molar-refractivity contribution < 1.29 is 23.4 Å². The summed E-state index contributed by atoms with van der Waals surface area (Å²) in [6.45, 7) is 6.50. The molecule has 1 atom stereocenters.